The second-order valence-corrected chi connectivity index (χ2v) is 9.91. The Morgan fingerprint density at radius 2 is 2.00 bits per heavy atom. The highest BCUT2D eigenvalue weighted by atomic mass is 32.1. The molecule has 36 heavy (non-hydrogen) atoms. The predicted molar refractivity (Wildman–Crippen MR) is 139 cm³/mol. The van der Waals surface area contributed by atoms with Crippen LogP contribution in [0, 0.1) is 12.8 Å². The molecule has 1 atom stereocenters. The molecule has 2 aromatic carbocycles. The van der Waals surface area contributed by atoms with E-state index in [9.17, 15) is 14.7 Å². The molecule has 6 rings (SSSR count). The second kappa shape index (κ2) is 8.76. The van der Waals surface area contributed by atoms with Gasteiger partial charge in [-0.05, 0) is 54.8 Å². The van der Waals surface area contributed by atoms with Crippen LogP contribution in [0.5, 0.6) is 11.5 Å². The summed E-state index contributed by atoms with van der Waals surface area (Å²) in [6, 6.07) is 16.9. The maximum atomic E-state index is 13.4. The number of aliphatic hydroxyl groups is 1. The number of aliphatic hydroxyl groups excluding tert-OH is 1. The monoisotopic (exact) mass is 498 g/mol. The van der Waals surface area contributed by atoms with E-state index in [1.54, 1.807) is 16.8 Å². The fraction of sp³-hybridized carbons (Fsp3) is 0.185. The zero-order valence-corrected chi connectivity index (χ0v) is 20.2. The van der Waals surface area contributed by atoms with Gasteiger partial charge in [0.15, 0.2) is 0 Å². The van der Waals surface area contributed by atoms with Gasteiger partial charge in [-0.15, -0.1) is 11.3 Å². The third-order valence-electron chi connectivity index (χ3n) is 6.38. The van der Waals surface area contributed by atoms with Gasteiger partial charge < -0.3 is 15.2 Å². The molecule has 180 valence electrons. The number of rotatable bonds is 5. The van der Waals surface area contributed by atoms with Crippen molar-refractivity contribution in [1.82, 2.24) is 19.9 Å². The highest BCUT2D eigenvalue weighted by molar-refractivity contribution is 7.17. The number of nitrogens with zero attached hydrogens (tertiary/aromatic N) is 3. The number of amides is 1. The van der Waals surface area contributed by atoms with Crippen molar-refractivity contribution in [1.29, 1.82) is 0 Å². The van der Waals surface area contributed by atoms with Gasteiger partial charge in [0.1, 0.15) is 27.6 Å². The second-order valence-electron chi connectivity index (χ2n) is 8.91. The SMILES string of the molecule is Cc1cc(Oc2ccccc2)ccc1-n1c(=O)nc2c(=C(O)C[C@@H]3CNC(=O)C3)sc3nccc1c32. The third kappa shape index (κ3) is 3.87. The largest absolute Gasteiger partial charge is 0.511 e. The minimum absolute atomic E-state index is 0.0115. The lowest BCUT2D eigenvalue weighted by atomic mass is 10.0. The molecule has 5 aromatic rings. The van der Waals surface area contributed by atoms with Crippen molar-refractivity contribution in [3.63, 3.8) is 0 Å². The van der Waals surface area contributed by atoms with E-state index in [1.165, 1.54) is 11.3 Å². The number of carbonyl (C=O) groups excluding carboxylic acids is 1. The highest BCUT2D eigenvalue weighted by Crippen LogP contribution is 2.30. The molecular formula is C27H22N4O4S. The van der Waals surface area contributed by atoms with E-state index in [2.05, 4.69) is 15.3 Å². The van der Waals surface area contributed by atoms with E-state index in [-0.39, 0.29) is 17.6 Å². The molecule has 2 N–H and O–H groups in total. The van der Waals surface area contributed by atoms with Crippen LogP contribution in [0.15, 0.2) is 65.6 Å². The zero-order chi connectivity index (χ0) is 24.8. The van der Waals surface area contributed by atoms with Crippen molar-refractivity contribution in [2.24, 2.45) is 5.92 Å². The van der Waals surface area contributed by atoms with Crippen LogP contribution in [0.1, 0.15) is 18.4 Å². The van der Waals surface area contributed by atoms with E-state index in [1.807, 2.05) is 55.5 Å². The Morgan fingerprint density at radius 1 is 1.17 bits per heavy atom. The summed E-state index contributed by atoms with van der Waals surface area (Å²) >= 11 is 1.31. The molecule has 0 unspecified atom stereocenters. The summed E-state index contributed by atoms with van der Waals surface area (Å²) in [5.41, 5.74) is 2.21. The number of aryl methyl sites for hydroxylation is 1. The summed E-state index contributed by atoms with van der Waals surface area (Å²) < 4.78 is 8.05. The lowest BCUT2D eigenvalue weighted by Crippen LogP contribution is -2.24. The van der Waals surface area contributed by atoms with Crippen LogP contribution < -0.4 is 20.3 Å². The average Bonchev–Trinajstić information content (AvgIpc) is 3.44. The first-order valence-corrected chi connectivity index (χ1v) is 12.4. The molecule has 1 fully saturated rings. The van der Waals surface area contributed by atoms with Crippen LogP contribution in [0.3, 0.4) is 0 Å². The maximum absolute atomic E-state index is 13.4. The molecule has 0 bridgehead atoms. The topological polar surface area (TPSA) is 106 Å². The van der Waals surface area contributed by atoms with Gasteiger partial charge in [0.25, 0.3) is 0 Å². The summed E-state index contributed by atoms with van der Waals surface area (Å²) in [5.74, 6) is 1.53. The number of pyridine rings is 1. The molecule has 1 saturated heterocycles. The summed E-state index contributed by atoms with van der Waals surface area (Å²) in [6.45, 7) is 2.45. The number of ether oxygens (including phenoxy) is 1. The molecular weight excluding hydrogens is 476 g/mol. The van der Waals surface area contributed by atoms with Crippen LogP contribution in [-0.2, 0) is 4.79 Å². The van der Waals surface area contributed by atoms with E-state index >= 15 is 0 Å². The molecule has 0 spiro atoms. The quantitative estimate of drug-likeness (QED) is 0.379. The van der Waals surface area contributed by atoms with Crippen molar-refractivity contribution in [2.75, 3.05) is 6.54 Å². The molecule has 9 heteroatoms. The van der Waals surface area contributed by atoms with Crippen molar-refractivity contribution in [3.8, 4) is 17.2 Å². The number of carbonyl (C=O) groups is 1. The molecule has 0 saturated carbocycles. The summed E-state index contributed by atoms with van der Waals surface area (Å²) in [5, 5.41) is 14.4. The molecule has 4 heterocycles. The molecule has 3 aromatic heterocycles. The standard InChI is InChI=1S/C27H22N4O4S/c1-15-11-18(35-17-5-3-2-4-6-17)7-8-19(15)31-20-9-10-28-26-23(20)24(30-27(31)34)25(36-26)21(32)12-16-13-22(33)29-14-16/h2-11,16,32H,12-14H2,1H3,(H,29,33)/t16-/m0/s1. The number of thiophene rings is 1. The molecule has 8 nitrogen and oxygen atoms in total. The number of benzene rings is 2. The fourth-order valence-corrected chi connectivity index (χ4v) is 5.76. The smallest absolute Gasteiger partial charge is 0.353 e. The average molecular weight is 499 g/mol. The Hall–Kier alpha value is -4.24. The highest BCUT2D eigenvalue weighted by Gasteiger charge is 2.24. The van der Waals surface area contributed by atoms with E-state index in [4.69, 9.17) is 4.74 Å². The van der Waals surface area contributed by atoms with Gasteiger partial charge in [-0.25, -0.2) is 9.78 Å². The Balaban J connectivity index is 1.46. The Morgan fingerprint density at radius 3 is 2.75 bits per heavy atom. The van der Waals surface area contributed by atoms with Crippen molar-refractivity contribution in [3.05, 3.63) is 81.4 Å². The number of nitrogens with one attached hydrogen (secondary N) is 1. The Kier molecular flexibility index (Phi) is 5.41. The van der Waals surface area contributed by atoms with Gasteiger partial charge in [0.05, 0.1) is 21.1 Å². The van der Waals surface area contributed by atoms with Crippen molar-refractivity contribution in [2.45, 2.75) is 19.8 Å². The number of para-hydroxylation sites is 1. The summed E-state index contributed by atoms with van der Waals surface area (Å²) in [6.07, 6.45) is 2.37. The third-order valence-corrected chi connectivity index (χ3v) is 7.51. The summed E-state index contributed by atoms with van der Waals surface area (Å²) in [7, 11) is 0. The first-order valence-electron chi connectivity index (χ1n) is 11.6. The number of hydrogen-bond donors (Lipinski definition) is 2. The molecule has 1 aliphatic heterocycles. The maximum Gasteiger partial charge on any atom is 0.353 e. The van der Waals surface area contributed by atoms with Crippen molar-refractivity contribution >= 4 is 44.3 Å². The van der Waals surface area contributed by atoms with Crippen LogP contribution >= 0.6 is 11.3 Å². The Bertz CT molecular complexity index is 1740. The summed E-state index contributed by atoms with van der Waals surface area (Å²) in [4.78, 5) is 34.5. The zero-order valence-electron chi connectivity index (χ0n) is 19.4. The molecule has 1 aliphatic rings. The number of aromatic nitrogens is 3. The van der Waals surface area contributed by atoms with Gasteiger partial charge in [-0.2, -0.15) is 4.98 Å². The van der Waals surface area contributed by atoms with E-state index < -0.39 is 5.69 Å². The van der Waals surface area contributed by atoms with Crippen LogP contribution in [0.4, 0.5) is 0 Å². The lowest BCUT2D eigenvalue weighted by molar-refractivity contribution is -0.119. The minimum atomic E-state index is -0.444. The molecule has 0 aliphatic carbocycles. The van der Waals surface area contributed by atoms with Crippen molar-refractivity contribution < 1.29 is 14.6 Å². The number of hydrogen-bond acceptors (Lipinski definition) is 7. The molecule has 0 radical (unpaired) electrons. The van der Waals surface area contributed by atoms with Gasteiger partial charge in [-0.3, -0.25) is 9.36 Å². The first kappa shape index (κ1) is 22.2. The van der Waals surface area contributed by atoms with Gasteiger partial charge in [-0.1, -0.05) is 18.2 Å². The predicted octanol–water partition coefficient (Wildman–Crippen LogP) is 4.01. The molecule has 1 amide bonds. The van der Waals surface area contributed by atoms with E-state index in [0.717, 1.165) is 16.7 Å². The lowest BCUT2D eigenvalue weighted by Gasteiger charge is -2.14. The Labute approximate surface area is 209 Å². The normalized spacial score (nSPS) is 16.5. The van der Waals surface area contributed by atoms with Gasteiger partial charge >= 0.3 is 5.69 Å². The fourth-order valence-electron chi connectivity index (χ4n) is 4.70. The minimum Gasteiger partial charge on any atom is -0.511 e. The van der Waals surface area contributed by atoms with Crippen LogP contribution in [-0.4, -0.2) is 32.1 Å². The van der Waals surface area contributed by atoms with E-state index in [0.29, 0.717) is 51.2 Å². The van der Waals surface area contributed by atoms with Crippen LogP contribution in [0.25, 0.3) is 32.7 Å². The first-order chi connectivity index (χ1) is 17.5. The van der Waals surface area contributed by atoms with Gasteiger partial charge in [0.2, 0.25) is 5.91 Å². The van der Waals surface area contributed by atoms with Gasteiger partial charge in [0, 0.05) is 25.6 Å². The van der Waals surface area contributed by atoms with Crippen LogP contribution in [0.2, 0.25) is 0 Å².